The molecule has 0 fully saturated rings. The molecule has 6 aromatic heterocycles. The number of benzene rings is 11. The zero-order valence-corrected chi connectivity index (χ0v) is 51.4. The first kappa shape index (κ1) is 51.1. The van der Waals surface area contributed by atoms with Crippen molar-refractivity contribution < 1.29 is 0 Å². The van der Waals surface area contributed by atoms with Gasteiger partial charge in [-0.15, -0.1) is 0 Å². The Morgan fingerprint density at radius 2 is 0.512 bits per heavy atom. The molecule has 0 amide bonds. The Morgan fingerprint density at radius 3 is 0.826 bits per heavy atom. The molecule has 0 aliphatic rings. The number of fused-ring (bicyclic) bond motifs is 20. The smallest absolute Gasteiger partial charge is 0.0783 e. The summed E-state index contributed by atoms with van der Waals surface area (Å²) >= 11 is 0. The molecule has 11 aromatic carbocycles. The number of nitrogens with zero attached hydrogens (tertiary/aromatic N) is 4. The lowest BCUT2D eigenvalue weighted by molar-refractivity contribution is 0.568. The van der Waals surface area contributed by atoms with Crippen LogP contribution in [-0.4, -0.2) is 17.9 Å². The van der Waals surface area contributed by atoms with Crippen LogP contribution in [0.1, 0.15) is 105 Å². The molecule has 0 aliphatic carbocycles. The van der Waals surface area contributed by atoms with Gasteiger partial charge in [0.25, 0.3) is 0 Å². The van der Waals surface area contributed by atoms with Crippen molar-refractivity contribution in [2.45, 2.75) is 105 Å². The second-order valence-electron chi connectivity index (χ2n) is 29.0. The molecule has 0 spiro atoms. The number of para-hydroxylation sites is 6. The van der Waals surface area contributed by atoms with E-state index < -0.39 is 0 Å². The average Bonchev–Trinajstić information content (AvgIpc) is 1.49. The number of aromatic nitrogens is 4. The summed E-state index contributed by atoms with van der Waals surface area (Å²) in [6.45, 7) is 28.2. The van der Waals surface area contributed by atoms with E-state index in [1.54, 1.807) is 0 Å². The van der Waals surface area contributed by atoms with Crippen molar-refractivity contribution in [3.63, 3.8) is 0 Å². The van der Waals surface area contributed by atoms with E-state index in [-0.39, 0.29) is 21.7 Å². The molecular weight excluding hydrogens is 1040 g/mol. The average molecular weight is 1110 g/mol. The Bertz CT molecular complexity index is 5210. The summed E-state index contributed by atoms with van der Waals surface area (Å²) in [6.07, 6.45) is 0. The molecule has 4 nitrogen and oxygen atoms in total. The molecule has 0 aliphatic heterocycles. The van der Waals surface area contributed by atoms with Crippen molar-refractivity contribution in [2.24, 2.45) is 0 Å². The third-order valence-electron chi connectivity index (χ3n) is 19.6. The third kappa shape index (κ3) is 6.99. The lowest BCUT2D eigenvalue weighted by Gasteiger charge is -2.26. The van der Waals surface area contributed by atoms with E-state index in [1.807, 2.05) is 0 Å². The van der Waals surface area contributed by atoms with Crippen LogP contribution in [0.5, 0.6) is 0 Å². The van der Waals surface area contributed by atoms with Crippen molar-refractivity contribution in [2.75, 3.05) is 0 Å². The molecule has 86 heavy (non-hydrogen) atoms. The predicted octanol–water partition coefficient (Wildman–Crippen LogP) is 22.7. The molecule has 6 heterocycles. The van der Waals surface area contributed by atoms with E-state index in [9.17, 15) is 0 Å². The van der Waals surface area contributed by atoms with Crippen LogP contribution in [-0.2, 0) is 21.7 Å². The van der Waals surface area contributed by atoms with Crippen LogP contribution in [0, 0.1) is 0 Å². The molecule has 4 heteroatoms. The standard InChI is InChI=1S/C82H70N4/c1-79(2,3)51-39-49(40-52(45-51)80(4,5)6)47-35-37-59-69(43-47)85-75-61(27-21-33-67(75)83-63-29-17-13-23-55(63)56-24-14-18-30-64(56)83)74-72-60-38-36-48(50-41-53(81(7,8)9)46-54(42-50)82(10,11)12)44-70(60)86-76-62(73(78(72)86)71(59)77(74)85)28-22-34-68(76)84-65-31-19-15-25-57(65)58-26-16-20-32-66(58)84/h13-46H,1-12H3. The van der Waals surface area contributed by atoms with Gasteiger partial charge in [-0.2, -0.15) is 0 Å². The van der Waals surface area contributed by atoms with E-state index in [0.29, 0.717) is 0 Å². The SMILES string of the molecule is CC(C)(C)c1cc(-c2ccc3c4c5c6cccc(-n7c8ccccc8c8ccccc87)c6n6c7cc(-c8cc(C(C)(C)C)cc(C(C)(C)C)c8)ccc7c(c7c8cccc(-n9c%10ccccc%10c%10ccccc%109)c8n(c3c2)c47)c56)cc(C(C)(C)C)c1. The quantitative estimate of drug-likeness (QED) is 0.167. The van der Waals surface area contributed by atoms with Crippen molar-refractivity contribution in [1.29, 1.82) is 0 Å². The Kier molecular flexibility index (Phi) is 10.2. The lowest BCUT2D eigenvalue weighted by atomic mass is 9.79. The maximum absolute atomic E-state index is 2.70. The summed E-state index contributed by atoms with van der Waals surface area (Å²) in [4.78, 5) is 0. The van der Waals surface area contributed by atoms with E-state index in [0.717, 1.165) is 0 Å². The first-order valence-corrected chi connectivity index (χ1v) is 30.9. The van der Waals surface area contributed by atoms with Crippen molar-refractivity contribution >= 4 is 120 Å². The van der Waals surface area contributed by atoms with Crippen LogP contribution >= 0.6 is 0 Å². The van der Waals surface area contributed by atoms with Gasteiger partial charge in [-0.3, -0.25) is 0 Å². The van der Waals surface area contributed by atoms with Gasteiger partial charge < -0.3 is 17.9 Å². The topological polar surface area (TPSA) is 18.7 Å². The fourth-order valence-electron chi connectivity index (χ4n) is 15.1. The highest BCUT2D eigenvalue weighted by molar-refractivity contribution is 6.46. The molecular formula is C82H70N4. The monoisotopic (exact) mass is 1110 g/mol. The Balaban J connectivity index is 1.10. The first-order chi connectivity index (χ1) is 41.2. The van der Waals surface area contributed by atoms with Gasteiger partial charge in [0, 0.05) is 64.6 Å². The second-order valence-corrected chi connectivity index (χ2v) is 29.0. The minimum absolute atomic E-state index is 0.0338. The molecule has 0 bridgehead atoms. The molecule has 418 valence electrons. The summed E-state index contributed by atoms with van der Waals surface area (Å²) in [7, 11) is 0. The van der Waals surface area contributed by atoms with Crippen molar-refractivity contribution in [1.82, 2.24) is 17.9 Å². The third-order valence-corrected chi connectivity index (χ3v) is 19.6. The maximum atomic E-state index is 2.70. The van der Waals surface area contributed by atoms with Crippen LogP contribution in [0.4, 0.5) is 0 Å². The van der Waals surface area contributed by atoms with E-state index >= 15 is 0 Å². The van der Waals surface area contributed by atoms with Gasteiger partial charge in [-0.05, 0) is 115 Å². The van der Waals surface area contributed by atoms with Gasteiger partial charge in [0.15, 0.2) is 0 Å². The predicted molar refractivity (Wildman–Crippen MR) is 370 cm³/mol. The molecule has 0 radical (unpaired) electrons. The summed E-state index contributed by atoms with van der Waals surface area (Å²) in [6, 6.07) is 79.7. The summed E-state index contributed by atoms with van der Waals surface area (Å²) in [5, 5.41) is 15.2. The van der Waals surface area contributed by atoms with Gasteiger partial charge in [0.05, 0.1) is 66.5 Å². The summed E-state index contributed by atoms with van der Waals surface area (Å²) in [5.74, 6) is 0. The van der Waals surface area contributed by atoms with Crippen LogP contribution in [0.2, 0.25) is 0 Å². The Hall–Kier alpha value is -9.38. The molecule has 17 aromatic rings. The molecule has 0 unspecified atom stereocenters. The highest BCUT2D eigenvalue weighted by Gasteiger charge is 2.33. The number of hydrogen-bond donors (Lipinski definition) is 0. The highest BCUT2D eigenvalue weighted by Crippen LogP contribution is 2.55. The largest absolute Gasteiger partial charge is 0.307 e. The van der Waals surface area contributed by atoms with Crippen LogP contribution in [0.25, 0.3) is 153 Å². The fraction of sp³-hybridized carbons (Fsp3) is 0.195. The zero-order valence-electron chi connectivity index (χ0n) is 51.4. The second kappa shape index (κ2) is 17.2. The minimum atomic E-state index is -0.0338. The molecule has 0 N–H and O–H groups in total. The van der Waals surface area contributed by atoms with Gasteiger partial charge in [-0.25, -0.2) is 0 Å². The molecule has 17 rings (SSSR count). The molecule has 0 atom stereocenters. The van der Waals surface area contributed by atoms with Gasteiger partial charge in [0.1, 0.15) is 0 Å². The van der Waals surface area contributed by atoms with Gasteiger partial charge in [-0.1, -0.05) is 241 Å². The van der Waals surface area contributed by atoms with Gasteiger partial charge >= 0.3 is 0 Å². The van der Waals surface area contributed by atoms with Crippen LogP contribution in [0.3, 0.4) is 0 Å². The van der Waals surface area contributed by atoms with E-state index in [1.165, 1.54) is 176 Å². The molecule has 0 saturated carbocycles. The van der Waals surface area contributed by atoms with Gasteiger partial charge in [0.2, 0.25) is 0 Å². The van der Waals surface area contributed by atoms with Crippen LogP contribution < -0.4 is 0 Å². The molecule has 0 saturated heterocycles. The lowest BCUT2D eigenvalue weighted by Crippen LogP contribution is -2.16. The van der Waals surface area contributed by atoms with Crippen LogP contribution in [0.15, 0.2) is 206 Å². The minimum Gasteiger partial charge on any atom is -0.307 e. The Morgan fingerprint density at radius 1 is 0.221 bits per heavy atom. The van der Waals surface area contributed by atoms with E-state index in [2.05, 4.69) is 307 Å². The zero-order chi connectivity index (χ0) is 58.8. The maximum Gasteiger partial charge on any atom is 0.0783 e. The van der Waals surface area contributed by atoms with E-state index in [4.69, 9.17) is 0 Å². The Labute approximate surface area is 501 Å². The fourth-order valence-corrected chi connectivity index (χ4v) is 15.1. The first-order valence-electron chi connectivity index (χ1n) is 30.9. The number of hydrogen-bond acceptors (Lipinski definition) is 0. The number of rotatable bonds is 4. The van der Waals surface area contributed by atoms with Crippen molar-refractivity contribution in [3.8, 4) is 33.6 Å². The normalized spacial score (nSPS) is 13.3. The highest BCUT2D eigenvalue weighted by atomic mass is 15.0. The summed E-state index contributed by atoms with van der Waals surface area (Å²) < 4.78 is 10.5. The van der Waals surface area contributed by atoms with Crippen molar-refractivity contribution in [3.05, 3.63) is 229 Å². The summed E-state index contributed by atoms with van der Waals surface area (Å²) in [5.41, 5.74) is 24.8.